The van der Waals surface area contributed by atoms with Crippen LogP contribution in [0.25, 0.3) is 0 Å². The zero-order chi connectivity index (χ0) is 15.2. The van der Waals surface area contributed by atoms with E-state index < -0.39 is 21.9 Å². The second-order valence-electron chi connectivity index (χ2n) is 4.54. The van der Waals surface area contributed by atoms with Crippen LogP contribution in [0.4, 0.5) is 0 Å². The minimum atomic E-state index is -3.54. The molecule has 0 aliphatic carbocycles. The van der Waals surface area contributed by atoms with Crippen LogP contribution in [0.5, 0.6) is 0 Å². The van der Waals surface area contributed by atoms with Crippen molar-refractivity contribution in [2.24, 2.45) is 5.92 Å². The fraction of sp³-hybridized carbons (Fsp3) is 0.500. The van der Waals surface area contributed by atoms with Gasteiger partial charge in [-0.05, 0) is 25.0 Å². The Hall–Kier alpha value is -1.40. The molecule has 0 aliphatic rings. The van der Waals surface area contributed by atoms with E-state index in [-0.39, 0.29) is 11.4 Å². The quantitative estimate of drug-likeness (QED) is 0.798. The first-order chi connectivity index (χ1) is 9.43. The van der Waals surface area contributed by atoms with Crippen LogP contribution in [-0.2, 0) is 14.8 Å². The lowest BCUT2D eigenvalue weighted by Gasteiger charge is -2.22. The third kappa shape index (κ3) is 4.05. The van der Waals surface area contributed by atoms with Crippen molar-refractivity contribution in [3.63, 3.8) is 0 Å². The molecule has 0 radical (unpaired) electrons. The topological polar surface area (TPSA) is 74.7 Å². The average Bonchev–Trinajstić information content (AvgIpc) is 2.44. The number of hydrogen-bond donors (Lipinski definition) is 1. The van der Waals surface area contributed by atoms with Gasteiger partial charge in [-0.3, -0.25) is 4.79 Å². The number of rotatable bonds is 8. The molecule has 0 fully saturated rings. The fourth-order valence-corrected chi connectivity index (χ4v) is 3.48. The highest BCUT2D eigenvalue weighted by Crippen LogP contribution is 2.17. The lowest BCUT2D eigenvalue weighted by Crippen LogP contribution is -2.33. The molecule has 1 atom stereocenters. The maximum atomic E-state index is 12.4. The zero-order valence-electron chi connectivity index (χ0n) is 11.8. The minimum Gasteiger partial charge on any atom is -0.481 e. The summed E-state index contributed by atoms with van der Waals surface area (Å²) in [5.41, 5.74) is 0. The predicted molar refractivity (Wildman–Crippen MR) is 76.9 cm³/mol. The van der Waals surface area contributed by atoms with Crippen LogP contribution in [-0.4, -0.2) is 36.9 Å². The van der Waals surface area contributed by atoms with E-state index in [4.69, 9.17) is 5.11 Å². The van der Waals surface area contributed by atoms with Crippen LogP contribution < -0.4 is 0 Å². The molecule has 1 aromatic carbocycles. The third-order valence-electron chi connectivity index (χ3n) is 3.30. The molecule has 0 aliphatic heterocycles. The highest BCUT2D eigenvalue weighted by molar-refractivity contribution is 7.89. The minimum absolute atomic E-state index is 0.221. The molecule has 0 aromatic heterocycles. The molecule has 0 amide bonds. The van der Waals surface area contributed by atoms with E-state index in [1.54, 1.807) is 44.2 Å². The van der Waals surface area contributed by atoms with Gasteiger partial charge >= 0.3 is 5.97 Å². The fourth-order valence-electron chi connectivity index (χ4n) is 1.99. The number of benzene rings is 1. The lowest BCUT2D eigenvalue weighted by atomic mass is 10.0. The number of carboxylic acid groups (broad SMARTS) is 1. The van der Waals surface area contributed by atoms with Gasteiger partial charge in [-0.25, -0.2) is 8.42 Å². The van der Waals surface area contributed by atoms with Gasteiger partial charge in [-0.1, -0.05) is 32.0 Å². The Kier molecular flexibility index (Phi) is 6.16. The van der Waals surface area contributed by atoms with Crippen molar-refractivity contribution in [3.05, 3.63) is 30.3 Å². The lowest BCUT2D eigenvalue weighted by molar-refractivity contribution is -0.142. The summed E-state index contributed by atoms with van der Waals surface area (Å²) in [5.74, 6) is -1.38. The number of carbonyl (C=O) groups is 1. The van der Waals surface area contributed by atoms with Crippen molar-refractivity contribution >= 4 is 16.0 Å². The number of nitrogens with zero attached hydrogens (tertiary/aromatic N) is 1. The van der Waals surface area contributed by atoms with Crippen molar-refractivity contribution in [2.45, 2.75) is 31.6 Å². The van der Waals surface area contributed by atoms with Crippen LogP contribution >= 0.6 is 0 Å². The maximum Gasteiger partial charge on any atom is 0.306 e. The molecule has 1 aromatic rings. The second kappa shape index (κ2) is 7.40. The zero-order valence-corrected chi connectivity index (χ0v) is 12.6. The number of carboxylic acids is 1. The second-order valence-corrected chi connectivity index (χ2v) is 6.48. The summed E-state index contributed by atoms with van der Waals surface area (Å²) >= 11 is 0. The van der Waals surface area contributed by atoms with E-state index >= 15 is 0 Å². The smallest absolute Gasteiger partial charge is 0.306 e. The van der Waals surface area contributed by atoms with Gasteiger partial charge in [0.2, 0.25) is 10.0 Å². The van der Waals surface area contributed by atoms with Gasteiger partial charge in [-0.15, -0.1) is 0 Å². The molecule has 0 saturated carbocycles. The third-order valence-corrected chi connectivity index (χ3v) is 5.29. The van der Waals surface area contributed by atoms with Crippen LogP contribution in [0.1, 0.15) is 26.7 Å². The molecule has 0 heterocycles. The Bertz CT molecular complexity index is 527. The SMILES string of the molecule is CC[C@@H](CCN(CC)S(=O)(=O)c1ccccc1)C(=O)O. The predicted octanol–water partition coefficient (Wildman–Crippen LogP) is 2.20. The summed E-state index contributed by atoms with van der Waals surface area (Å²) in [6.07, 6.45) is 0.823. The van der Waals surface area contributed by atoms with E-state index in [2.05, 4.69) is 0 Å². The highest BCUT2D eigenvalue weighted by atomic mass is 32.2. The first kappa shape index (κ1) is 16.7. The van der Waals surface area contributed by atoms with Crippen LogP contribution in [0.15, 0.2) is 35.2 Å². The Morgan fingerprint density at radius 3 is 2.30 bits per heavy atom. The average molecular weight is 299 g/mol. The standard InChI is InChI=1S/C14H21NO4S/c1-3-12(14(16)17)10-11-15(4-2)20(18,19)13-8-6-5-7-9-13/h5-9,12H,3-4,10-11H2,1-2H3,(H,16,17)/t12-/m0/s1. The molecule has 6 heteroatoms. The number of hydrogen-bond acceptors (Lipinski definition) is 3. The van der Waals surface area contributed by atoms with Crippen LogP contribution in [0.3, 0.4) is 0 Å². The van der Waals surface area contributed by atoms with Gasteiger partial charge in [0.1, 0.15) is 0 Å². The molecule has 0 saturated heterocycles. The monoisotopic (exact) mass is 299 g/mol. The summed E-state index contributed by atoms with van der Waals surface area (Å²) in [6, 6.07) is 8.20. The van der Waals surface area contributed by atoms with Crippen molar-refractivity contribution in [1.29, 1.82) is 0 Å². The molecular formula is C14H21NO4S. The Morgan fingerprint density at radius 1 is 1.25 bits per heavy atom. The molecular weight excluding hydrogens is 278 g/mol. The molecule has 5 nitrogen and oxygen atoms in total. The number of aliphatic carboxylic acids is 1. The van der Waals surface area contributed by atoms with Gasteiger partial charge in [-0.2, -0.15) is 4.31 Å². The number of sulfonamides is 1. The van der Waals surface area contributed by atoms with Gasteiger partial charge in [0.15, 0.2) is 0 Å². The first-order valence-corrected chi connectivity index (χ1v) is 8.15. The van der Waals surface area contributed by atoms with E-state index in [1.807, 2.05) is 0 Å². The van der Waals surface area contributed by atoms with E-state index in [1.165, 1.54) is 4.31 Å². The first-order valence-electron chi connectivity index (χ1n) is 6.71. The largest absolute Gasteiger partial charge is 0.481 e. The van der Waals surface area contributed by atoms with Crippen LogP contribution in [0.2, 0.25) is 0 Å². The highest BCUT2D eigenvalue weighted by Gasteiger charge is 2.24. The molecule has 1 N–H and O–H groups in total. The molecule has 0 bridgehead atoms. The molecule has 1 rings (SSSR count). The molecule has 0 unspecified atom stereocenters. The van der Waals surface area contributed by atoms with Crippen molar-refractivity contribution in [3.8, 4) is 0 Å². The Morgan fingerprint density at radius 2 is 1.85 bits per heavy atom. The Balaban J connectivity index is 2.83. The summed E-state index contributed by atoms with van der Waals surface area (Å²) in [4.78, 5) is 11.2. The normalized spacial score (nSPS) is 13.3. The van der Waals surface area contributed by atoms with Gasteiger partial charge in [0.05, 0.1) is 10.8 Å². The van der Waals surface area contributed by atoms with Crippen molar-refractivity contribution in [1.82, 2.24) is 4.31 Å². The Labute approximate surface area is 120 Å². The molecule has 20 heavy (non-hydrogen) atoms. The van der Waals surface area contributed by atoms with Crippen LogP contribution in [0, 0.1) is 5.92 Å². The molecule has 0 spiro atoms. The summed E-state index contributed by atoms with van der Waals surface area (Å²) in [5, 5.41) is 9.01. The summed E-state index contributed by atoms with van der Waals surface area (Å²) < 4.78 is 26.2. The molecule has 112 valence electrons. The van der Waals surface area contributed by atoms with Gasteiger partial charge in [0, 0.05) is 13.1 Å². The van der Waals surface area contributed by atoms with E-state index in [0.717, 1.165) is 0 Å². The summed E-state index contributed by atoms with van der Waals surface area (Å²) in [6.45, 7) is 4.09. The van der Waals surface area contributed by atoms with Crippen molar-refractivity contribution < 1.29 is 18.3 Å². The van der Waals surface area contributed by atoms with E-state index in [0.29, 0.717) is 19.4 Å². The maximum absolute atomic E-state index is 12.4. The van der Waals surface area contributed by atoms with Gasteiger partial charge in [0.25, 0.3) is 0 Å². The van der Waals surface area contributed by atoms with Gasteiger partial charge < -0.3 is 5.11 Å². The summed E-state index contributed by atoms with van der Waals surface area (Å²) in [7, 11) is -3.54. The van der Waals surface area contributed by atoms with Crippen molar-refractivity contribution in [2.75, 3.05) is 13.1 Å². The van der Waals surface area contributed by atoms with E-state index in [9.17, 15) is 13.2 Å².